The number of hydrogen-bond acceptors (Lipinski definition) is 6. The average Bonchev–Trinajstić information content (AvgIpc) is 3.68. The van der Waals surface area contributed by atoms with E-state index in [1.165, 1.54) is 6.33 Å². The predicted octanol–water partition coefficient (Wildman–Crippen LogP) is 4.70. The molecule has 1 aromatic carbocycles. The minimum atomic E-state index is -0.210. The Morgan fingerprint density at radius 3 is 2.67 bits per heavy atom. The van der Waals surface area contributed by atoms with E-state index in [9.17, 15) is 9.59 Å². The second-order valence-electron chi connectivity index (χ2n) is 11.4. The second-order valence-corrected chi connectivity index (χ2v) is 11.4. The van der Waals surface area contributed by atoms with Crippen molar-refractivity contribution in [3.8, 4) is 11.3 Å². The predicted molar refractivity (Wildman–Crippen MR) is 156 cm³/mol. The van der Waals surface area contributed by atoms with Crippen LogP contribution in [0.15, 0.2) is 48.8 Å². The molecule has 1 spiro atoms. The van der Waals surface area contributed by atoms with Crippen molar-refractivity contribution in [1.82, 2.24) is 19.4 Å². The Morgan fingerprint density at radius 2 is 2.00 bits per heavy atom. The van der Waals surface area contributed by atoms with Crippen LogP contribution in [0.1, 0.15) is 51.0 Å². The number of carbonyl (C=O) groups excluding carboxylic acids is 2. The molecule has 4 heterocycles. The maximum atomic E-state index is 13.7. The van der Waals surface area contributed by atoms with Crippen LogP contribution in [-0.2, 0) is 21.4 Å². The molecule has 2 atom stereocenters. The fourth-order valence-corrected chi connectivity index (χ4v) is 6.67. The van der Waals surface area contributed by atoms with E-state index >= 15 is 0 Å². The lowest BCUT2D eigenvalue weighted by Gasteiger charge is -2.37. The number of rotatable bonds is 5. The molecule has 3 aromatic rings. The number of amides is 2. The number of allylic oxidation sites excluding steroid dienone is 2. The Morgan fingerprint density at radius 1 is 1.20 bits per heavy atom. The van der Waals surface area contributed by atoms with Gasteiger partial charge in [-0.1, -0.05) is 24.8 Å². The molecule has 0 saturated carbocycles. The molecule has 2 aliphatic heterocycles. The van der Waals surface area contributed by atoms with E-state index in [0.29, 0.717) is 30.1 Å². The van der Waals surface area contributed by atoms with E-state index < -0.39 is 0 Å². The summed E-state index contributed by atoms with van der Waals surface area (Å²) in [5.74, 6) is 0.471. The Bertz CT molecular complexity index is 1530. The molecule has 0 unspecified atom stereocenters. The van der Waals surface area contributed by atoms with Crippen LogP contribution < -0.4 is 11.1 Å². The smallest absolute Gasteiger partial charge is 0.250 e. The monoisotopic (exact) mass is 540 g/mol. The van der Waals surface area contributed by atoms with Gasteiger partial charge in [0.05, 0.1) is 23.2 Å². The number of nitrogen functional groups attached to an aromatic ring is 1. The minimum absolute atomic E-state index is 0.0254. The number of carbonyl (C=O) groups is 2. The molecule has 3 N–H and O–H groups in total. The van der Waals surface area contributed by atoms with Crippen LogP contribution >= 0.6 is 0 Å². The van der Waals surface area contributed by atoms with E-state index in [-0.39, 0.29) is 23.3 Å². The van der Waals surface area contributed by atoms with Gasteiger partial charge in [-0.3, -0.25) is 9.59 Å². The zero-order valence-electron chi connectivity index (χ0n) is 23.2. The number of nitrogens with two attached hydrogens (primary N) is 1. The fourth-order valence-electron chi connectivity index (χ4n) is 6.67. The lowest BCUT2D eigenvalue weighted by atomic mass is 9.83. The number of nitrogens with one attached hydrogen (secondary N) is 1. The first-order valence-electron chi connectivity index (χ1n) is 14.0. The Balaban J connectivity index is 1.33. The molecule has 2 amide bonds. The zero-order valence-corrected chi connectivity index (χ0v) is 23.2. The summed E-state index contributed by atoms with van der Waals surface area (Å²) in [6.07, 6.45) is 8.99. The SMILES string of the molecule is C=C(C)C(=O)Nc1ccc(-c2c(C3=CC[C@@H](C(=O)N4CCC[C@@]45CCOC5)CC3)c3c(N)ncnc3n2C)cc1. The molecular weight excluding hydrogens is 504 g/mol. The van der Waals surface area contributed by atoms with Crippen molar-refractivity contribution in [2.24, 2.45) is 13.0 Å². The number of aryl methyl sites for hydroxylation is 1. The van der Waals surface area contributed by atoms with Crippen LogP contribution in [-0.4, -0.2) is 56.5 Å². The van der Waals surface area contributed by atoms with Gasteiger partial charge in [0.25, 0.3) is 5.91 Å². The first-order valence-corrected chi connectivity index (χ1v) is 14.0. The van der Waals surface area contributed by atoms with Gasteiger partial charge in [-0.15, -0.1) is 0 Å². The number of benzene rings is 1. The first kappa shape index (κ1) is 26.3. The largest absolute Gasteiger partial charge is 0.383 e. The average molecular weight is 541 g/mol. The molecule has 2 fully saturated rings. The number of likely N-dealkylation sites (tertiary alicyclic amines) is 1. The lowest BCUT2D eigenvalue weighted by Crippen LogP contribution is -2.50. The van der Waals surface area contributed by atoms with Crippen LogP contribution in [0, 0.1) is 5.92 Å². The summed E-state index contributed by atoms with van der Waals surface area (Å²) in [5.41, 5.74) is 12.4. The minimum Gasteiger partial charge on any atom is -0.383 e. The van der Waals surface area contributed by atoms with Gasteiger partial charge in [0.15, 0.2) is 0 Å². The van der Waals surface area contributed by atoms with Crippen molar-refractivity contribution in [1.29, 1.82) is 0 Å². The molecule has 9 nitrogen and oxygen atoms in total. The Kier molecular flexibility index (Phi) is 6.70. The molecule has 0 bridgehead atoms. The van der Waals surface area contributed by atoms with E-state index in [0.717, 1.165) is 78.7 Å². The third-order valence-electron chi connectivity index (χ3n) is 8.83. The van der Waals surface area contributed by atoms with Gasteiger partial charge < -0.3 is 25.3 Å². The molecule has 3 aliphatic rings. The van der Waals surface area contributed by atoms with Gasteiger partial charge in [0.2, 0.25) is 5.91 Å². The van der Waals surface area contributed by atoms with E-state index in [1.807, 2.05) is 31.3 Å². The van der Waals surface area contributed by atoms with Gasteiger partial charge in [0, 0.05) is 42.9 Å². The number of hydrogen-bond donors (Lipinski definition) is 2. The van der Waals surface area contributed by atoms with Gasteiger partial charge >= 0.3 is 0 Å². The number of nitrogens with zero attached hydrogens (tertiary/aromatic N) is 4. The van der Waals surface area contributed by atoms with Gasteiger partial charge in [0.1, 0.15) is 17.8 Å². The summed E-state index contributed by atoms with van der Waals surface area (Å²) < 4.78 is 7.77. The molecular formula is C31H36N6O3. The molecule has 2 aromatic heterocycles. The summed E-state index contributed by atoms with van der Waals surface area (Å²) in [7, 11) is 1.98. The standard InChI is InChI=1S/C31H36N6O3/c1-19(2)29(38)35-23-11-9-21(10-12-23)26-24(25-27(32)33-18-34-28(25)36(26)3)20-5-7-22(8-6-20)30(39)37-15-4-13-31(37)14-16-40-17-31/h5,9-12,18,22H,1,4,6-8,13-17H2,2-3H3,(H,35,38)(H2,32,33,34)/t22-,31+/m1/s1. The normalized spacial score (nSPS) is 22.6. The molecule has 2 saturated heterocycles. The van der Waals surface area contributed by atoms with E-state index in [2.05, 4.69) is 37.4 Å². The first-order chi connectivity index (χ1) is 19.3. The van der Waals surface area contributed by atoms with Crippen molar-refractivity contribution in [3.63, 3.8) is 0 Å². The maximum absolute atomic E-state index is 13.7. The summed E-state index contributed by atoms with van der Waals surface area (Å²) >= 11 is 0. The Labute approximate surface area is 234 Å². The second kappa shape index (κ2) is 10.2. The number of ether oxygens (including phenoxy) is 1. The fraction of sp³-hybridized carbons (Fsp3) is 0.419. The van der Waals surface area contributed by atoms with Crippen molar-refractivity contribution in [3.05, 3.63) is 54.4 Å². The third-order valence-corrected chi connectivity index (χ3v) is 8.83. The van der Waals surface area contributed by atoms with E-state index in [1.54, 1.807) is 6.92 Å². The van der Waals surface area contributed by atoms with Crippen molar-refractivity contribution >= 4 is 39.9 Å². The third kappa shape index (κ3) is 4.38. The van der Waals surface area contributed by atoms with Crippen LogP contribution in [0.25, 0.3) is 27.9 Å². The van der Waals surface area contributed by atoms with Gasteiger partial charge in [-0.05, 0) is 68.7 Å². The van der Waals surface area contributed by atoms with Gasteiger partial charge in [-0.2, -0.15) is 0 Å². The number of aromatic nitrogens is 3. The van der Waals surface area contributed by atoms with Crippen molar-refractivity contribution in [2.45, 2.75) is 51.0 Å². The molecule has 40 heavy (non-hydrogen) atoms. The maximum Gasteiger partial charge on any atom is 0.250 e. The molecule has 208 valence electrons. The molecule has 6 rings (SSSR count). The van der Waals surface area contributed by atoms with Crippen LogP contribution in [0.3, 0.4) is 0 Å². The summed E-state index contributed by atoms with van der Waals surface area (Å²) in [5, 5.41) is 3.69. The highest BCUT2D eigenvalue weighted by molar-refractivity contribution is 6.05. The quantitative estimate of drug-likeness (QED) is 0.454. The number of anilines is 2. The number of fused-ring (bicyclic) bond motifs is 1. The highest BCUT2D eigenvalue weighted by Gasteiger charge is 2.47. The molecule has 9 heteroatoms. The summed E-state index contributed by atoms with van der Waals surface area (Å²) in [4.78, 5) is 36.8. The molecule has 1 aliphatic carbocycles. The van der Waals surface area contributed by atoms with Crippen LogP contribution in [0.2, 0.25) is 0 Å². The Hall–Kier alpha value is -3.98. The van der Waals surface area contributed by atoms with Gasteiger partial charge in [-0.25, -0.2) is 9.97 Å². The highest BCUT2D eigenvalue weighted by atomic mass is 16.5. The molecule has 0 radical (unpaired) electrons. The highest BCUT2D eigenvalue weighted by Crippen LogP contribution is 2.44. The topological polar surface area (TPSA) is 115 Å². The van der Waals surface area contributed by atoms with Crippen molar-refractivity contribution < 1.29 is 14.3 Å². The van der Waals surface area contributed by atoms with Crippen LogP contribution in [0.4, 0.5) is 11.5 Å². The summed E-state index contributed by atoms with van der Waals surface area (Å²) in [6, 6.07) is 7.74. The zero-order chi connectivity index (χ0) is 28.0. The van der Waals surface area contributed by atoms with E-state index in [4.69, 9.17) is 10.5 Å². The summed E-state index contributed by atoms with van der Waals surface area (Å²) in [6.45, 7) is 7.63. The van der Waals surface area contributed by atoms with Crippen LogP contribution in [0.5, 0.6) is 0 Å². The lowest BCUT2D eigenvalue weighted by molar-refractivity contribution is -0.140. The van der Waals surface area contributed by atoms with Crippen molar-refractivity contribution in [2.75, 3.05) is 30.8 Å².